The molecule has 0 amide bonds. The topological polar surface area (TPSA) is 21.3 Å². The summed E-state index contributed by atoms with van der Waals surface area (Å²) >= 11 is 0. The maximum atomic E-state index is 5.74. The maximum Gasteiger partial charge on any atom is 0.127 e. The summed E-state index contributed by atoms with van der Waals surface area (Å²) in [7, 11) is 1.98. The summed E-state index contributed by atoms with van der Waals surface area (Å²) in [5.41, 5.74) is 3.67. The molecule has 19 heavy (non-hydrogen) atoms. The molecule has 100 valence electrons. The molecule has 1 unspecified atom stereocenters. The van der Waals surface area contributed by atoms with Crippen LogP contribution >= 0.6 is 0 Å². The number of hydrogen-bond acceptors (Lipinski definition) is 2. The second-order valence-electron chi connectivity index (χ2n) is 4.53. The fourth-order valence-electron chi connectivity index (χ4n) is 2.25. The van der Waals surface area contributed by atoms with Crippen molar-refractivity contribution >= 4 is 0 Å². The molecule has 0 heterocycles. The average Bonchev–Trinajstić information content (AvgIpc) is 2.47. The van der Waals surface area contributed by atoms with Crippen molar-refractivity contribution in [2.24, 2.45) is 0 Å². The molecule has 2 rings (SSSR count). The van der Waals surface area contributed by atoms with Gasteiger partial charge in [0.1, 0.15) is 5.75 Å². The molecule has 2 heteroatoms. The smallest absolute Gasteiger partial charge is 0.127 e. The van der Waals surface area contributed by atoms with Crippen molar-refractivity contribution < 1.29 is 4.74 Å². The molecule has 0 aliphatic heterocycles. The van der Waals surface area contributed by atoms with E-state index in [0.717, 1.165) is 11.3 Å². The van der Waals surface area contributed by atoms with E-state index in [2.05, 4.69) is 48.6 Å². The standard InChI is InChI=1S/C17H21NO/c1-4-19-17-12-8-7-11-16(17)15-10-6-5-9-14(15)13(2)18-3/h5-13,18H,4H2,1-3H3. The summed E-state index contributed by atoms with van der Waals surface area (Å²) in [4.78, 5) is 0. The third kappa shape index (κ3) is 2.96. The SMILES string of the molecule is CCOc1ccccc1-c1ccccc1C(C)NC. The first-order valence-corrected chi connectivity index (χ1v) is 6.76. The van der Waals surface area contributed by atoms with Crippen molar-refractivity contribution in [3.63, 3.8) is 0 Å². The van der Waals surface area contributed by atoms with Gasteiger partial charge in [0.05, 0.1) is 6.61 Å². The molecule has 2 aromatic carbocycles. The Morgan fingerprint density at radius 1 is 1.00 bits per heavy atom. The highest BCUT2D eigenvalue weighted by molar-refractivity contribution is 5.73. The summed E-state index contributed by atoms with van der Waals surface area (Å²) in [5, 5.41) is 3.30. The van der Waals surface area contributed by atoms with Crippen molar-refractivity contribution in [3.8, 4) is 16.9 Å². The lowest BCUT2D eigenvalue weighted by Gasteiger charge is -2.18. The molecule has 0 radical (unpaired) electrons. The Balaban J connectivity index is 2.53. The zero-order chi connectivity index (χ0) is 13.7. The van der Waals surface area contributed by atoms with E-state index in [-0.39, 0.29) is 0 Å². The van der Waals surface area contributed by atoms with Crippen LogP contribution in [0.2, 0.25) is 0 Å². The lowest BCUT2D eigenvalue weighted by Crippen LogP contribution is -2.13. The highest BCUT2D eigenvalue weighted by Gasteiger charge is 2.13. The number of nitrogens with one attached hydrogen (secondary N) is 1. The number of hydrogen-bond donors (Lipinski definition) is 1. The van der Waals surface area contributed by atoms with Gasteiger partial charge >= 0.3 is 0 Å². The minimum atomic E-state index is 0.311. The maximum absolute atomic E-state index is 5.74. The van der Waals surface area contributed by atoms with Crippen LogP contribution in [-0.2, 0) is 0 Å². The summed E-state index contributed by atoms with van der Waals surface area (Å²) in [6, 6.07) is 17.0. The fourth-order valence-corrected chi connectivity index (χ4v) is 2.25. The van der Waals surface area contributed by atoms with E-state index in [1.807, 2.05) is 26.1 Å². The molecule has 1 N–H and O–H groups in total. The van der Waals surface area contributed by atoms with E-state index in [1.165, 1.54) is 11.1 Å². The van der Waals surface area contributed by atoms with Gasteiger partial charge < -0.3 is 10.1 Å². The third-order valence-corrected chi connectivity index (χ3v) is 3.34. The van der Waals surface area contributed by atoms with Gasteiger partial charge in [-0.1, -0.05) is 42.5 Å². The van der Waals surface area contributed by atoms with Gasteiger partial charge in [0.15, 0.2) is 0 Å². The predicted molar refractivity (Wildman–Crippen MR) is 80.5 cm³/mol. The third-order valence-electron chi connectivity index (χ3n) is 3.34. The highest BCUT2D eigenvalue weighted by Crippen LogP contribution is 2.34. The van der Waals surface area contributed by atoms with Gasteiger partial charge in [0, 0.05) is 11.6 Å². The molecular formula is C17H21NO. The number of ether oxygens (including phenoxy) is 1. The zero-order valence-electron chi connectivity index (χ0n) is 11.8. The van der Waals surface area contributed by atoms with Crippen LogP contribution in [0.1, 0.15) is 25.5 Å². The van der Waals surface area contributed by atoms with Crippen molar-refractivity contribution in [1.29, 1.82) is 0 Å². The van der Waals surface area contributed by atoms with Crippen LogP contribution in [0.4, 0.5) is 0 Å². The van der Waals surface area contributed by atoms with Crippen molar-refractivity contribution in [3.05, 3.63) is 54.1 Å². The summed E-state index contributed by atoms with van der Waals surface area (Å²) in [6.07, 6.45) is 0. The highest BCUT2D eigenvalue weighted by atomic mass is 16.5. The Labute approximate surface area is 115 Å². The molecule has 0 aliphatic carbocycles. The van der Waals surface area contributed by atoms with E-state index in [9.17, 15) is 0 Å². The van der Waals surface area contributed by atoms with Gasteiger partial charge in [0.2, 0.25) is 0 Å². The molecule has 2 aromatic rings. The van der Waals surface area contributed by atoms with E-state index >= 15 is 0 Å². The summed E-state index contributed by atoms with van der Waals surface area (Å²) < 4.78 is 5.74. The Morgan fingerprint density at radius 2 is 1.63 bits per heavy atom. The van der Waals surface area contributed by atoms with E-state index in [4.69, 9.17) is 4.74 Å². The van der Waals surface area contributed by atoms with E-state index in [1.54, 1.807) is 0 Å². The van der Waals surface area contributed by atoms with Gasteiger partial charge in [-0.3, -0.25) is 0 Å². The largest absolute Gasteiger partial charge is 0.493 e. The first-order valence-electron chi connectivity index (χ1n) is 6.76. The van der Waals surface area contributed by atoms with Gasteiger partial charge in [-0.05, 0) is 38.1 Å². The molecule has 0 bridgehead atoms. The van der Waals surface area contributed by atoms with Crippen LogP contribution in [-0.4, -0.2) is 13.7 Å². The van der Waals surface area contributed by atoms with Crippen LogP contribution in [0.15, 0.2) is 48.5 Å². The molecule has 0 aromatic heterocycles. The van der Waals surface area contributed by atoms with E-state index < -0.39 is 0 Å². The number of benzene rings is 2. The number of para-hydroxylation sites is 1. The van der Waals surface area contributed by atoms with Crippen molar-refractivity contribution in [2.75, 3.05) is 13.7 Å². The van der Waals surface area contributed by atoms with Gasteiger partial charge in [-0.2, -0.15) is 0 Å². The first kappa shape index (κ1) is 13.6. The fraction of sp³-hybridized carbons (Fsp3) is 0.294. The lowest BCUT2D eigenvalue weighted by molar-refractivity contribution is 0.341. The Morgan fingerprint density at radius 3 is 2.32 bits per heavy atom. The van der Waals surface area contributed by atoms with Crippen LogP contribution < -0.4 is 10.1 Å². The van der Waals surface area contributed by atoms with Gasteiger partial charge in [-0.15, -0.1) is 0 Å². The molecule has 0 fully saturated rings. The van der Waals surface area contributed by atoms with Crippen molar-refractivity contribution in [1.82, 2.24) is 5.32 Å². The summed E-state index contributed by atoms with van der Waals surface area (Å²) in [5.74, 6) is 0.945. The summed E-state index contributed by atoms with van der Waals surface area (Å²) in [6.45, 7) is 4.86. The van der Waals surface area contributed by atoms with Crippen LogP contribution in [0.3, 0.4) is 0 Å². The minimum Gasteiger partial charge on any atom is -0.493 e. The monoisotopic (exact) mass is 255 g/mol. The predicted octanol–water partition coefficient (Wildman–Crippen LogP) is 4.03. The molecule has 0 spiro atoms. The second kappa shape index (κ2) is 6.39. The Kier molecular flexibility index (Phi) is 4.58. The van der Waals surface area contributed by atoms with Crippen LogP contribution in [0.5, 0.6) is 5.75 Å². The zero-order valence-corrected chi connectivity index (χ0v) is 11.8. The Bertz CT molecular complexity index is 536. The van der Waals surface area contributed by atoms with Crippen LogP contribution in [0.25, 0.3) is 11.1 Å². The first-order chi connectivity index (χ1) is 9.27. The molecular weight excluding hydrogens is 234 g/mol. The molecule has 0 saturated carbocycles. The van der Waals surface area contributed by atoms with Gasteiger partial charge in [-0.25, -0.2) is 0 Å². The molecule has 2 nitrogen and oxygen atoms in total. The normalized spacial score (nSPS) is 12.2. The molecule has 0 aliphatic rings. The second-order valence-corrected chi connectivity index (χ2v) is 4.53. The lowest BCUT2D eigenvalue weighted by atomic mass is 9.95. The number of rotatable bonds is 5. The molecule has 1 atom stereocenters. The Hall–Kier alpha value is -1.80. The quantitative estimate of drug-likeness (QED) is 0.871. The molecule has 0 saturated heterocycles. The van der Waals surface area contributed by atoms with Gasteiger partial charge in [0.25, 0.3) is 0 Å². The van der Waals surface area contributed by atoms with Crippen molar-refractivity contribution in [2.45, 2.75) is 19.9 Å². The minimum absolute atomic E-state index is 0.311. The average molecular weight is 255 g/mol. The van der Waals surface area contributed by atoms with E-state index in [0.29, 0.717) is 12.6 Å². The van der Waals surface area contributed by atoms with Crippen LogP contribution in [0, 0.1) is 0 Å².